The van der Waals surface area contributed by atoms with Gasteiger partial charge in [-0.15, -0.1) is 0 Å². The van der Waals surface area contributed by atoms with E-state index in [1.807, 2.05) is 6.92 Å². The Morgan fingerprint density at radius 1 is 1.77 bits per heavy atom. The molecule has 1 saturated heterocycles. The zero-order valence-corrected chi connectivity index (χ0v) is 8.08. The quantitative estimate of drug-likeness (QED) is 0.653. The molecule has 0 aromatic rings. The highest BCUT2D eigenvalue weighted by Gasteiger charge is 2.18. The maximum atomic E-state index is 11.4. The Bertz CT molecular complexity index is 167. The number of rotatable bonds is 3. The molecular weight excluding hydrogens is 168 g/mol. The lowest BCUT2D eigenvalue weighted by molar-refractivity contribution is -0.124. The van der Waals surface area contributed by atoms with Crippen molar-refractivity contribution >= 4 is 5.91 Å². The molecule has 0 spiro atoms. The highest BCUT2D eigenvalue weighted by molar-refractivity contribution is 5.81. The Hall–Kier alpha value is -0.610. The summed E-state index contributed by atoms with van der Waals surface area (Å²) in [5.41, 5.74) is 5.58. The molecule has 3 N–H and O–H groups in total. The van der Waals surface area contributed by atoms with Gasteiger partial charge in [0.05, 0.1) is 18.7 Å². The molecule has 0 aromatic carbocycles. The van der Waals surface area contributed by atoms with Gasteiger partial charge in [0.1, 0.15) is 0 Å². The summed E-state index contributed by atoms with van der Waals surface area (Å²) in [5, 5.41) is 2.88. The van der Waals surface area contributed by atoms with Crippen LogP contribution in [0.2, 0.25) is 0 Å². The van der Waals surface area contributed by atoms with Crippen molar-refractivity contribution in [2.45, 2.75) is 38.3 Å². The van der Waals surface area contributed by atoms with Crippen molar-refractivity contribution in [2.24, 2.45) is 5.73 Å². The lowest BCUT2D eigenvalue weighted by atomic mass is 10.1. The minimum Gasteiger partial charge on any atom is -0.379 e. The molecule has 2 atom stereocenters. The monoisotopic (exact) mass is 186 g/mol. The van der Waals surface area contributed by atoms with Crippen LogP contribution in [0.4, 0.5) is 0 Å². The Morgan fingerprint density at radius 3 is 3.08 bits per heavy atom. The summed E-state index contributed by atoms with van der Waals surface area (Å²) < 4.78 is 5.24. The van der Waals surface area contributed by atoms with Gasteiger partial charge in [0.15, 0.2) is 0 Å². The maximum absolute atomic E-state index is 11.4. The first-order valence-electron chi connectivity index (χ1n) is 4.87. The van der Waals surface area contributed by atoms with Crippen molar-refractivity contribution in [3.8, 4) is 0 Å². The van der Waals surface area contributed by atoms with Crippen molar-refractivity contribution in [3.05, 3.63) is 0 Å². The van der Waals surface area contributed by atoms with Gasteiger partial charge in [-0.1, -0.05) is 6.92 Å². The minimum absolute atomic E-state index is 0.0574. The molecule has 1 heterocycles. The van der Waals surface area contributed by atoms with Gasteiger partial charge in [0.25, 0.3) is 0 Å². The Labute approximate surface area is 78.8 Å². The van der Waals surface area contributed by atoms with Gasteiger partial charge in [0, 0.05) is 6.61 Å². The Morgan fingerprint density at radius 2 is 2.54 bits per heavy atom. The number of hydrogen-bond donors (Lipinski definition) is 2. The van der Waals surface area contributed by atoms with Gasteiger partial charge in [-0.25, -0.2) is 0 Å². The van der Waals surface area contributed by atoms with Crippen LogP contribution in [0.3, 0.4) is 0 Å². The van der Waals surface area contributed by atoms with E-state index in [9.17, 15) is 4.79 Å². The van der Waals surface area contributed by atoms with E-state index in [-0.39, 0.29) is 18.0 Å². The largest absolute Gasteiger partial charge is 0.379 e. The number of amides is 1. The van der Waals surface area contributed by atoms with Gasteiger partial charge < -0.3 is 15.8 Å². The Balaban J connectivity index is 2.26. The normalized spacial score (nSPS) is 25.2. The van der Waals surface area contributed by atoms with E-state index in [4.69, 9.17) is 10.5 Å². The topological polar surface area (TPSA) is 64.4 Å². The second-order valence-corrected chi connectivity index (χ2v) is 3.44. The molecule has 0 aromatic heterocycles. The Kier molecular flexibility index (Phi) is 4.18. The molecule has 0 aliphatic carbocycles. The van der Waals surface area contributed by atoms with Crippen LogP contribution in [0.25, 0.3) is 0 Å². The van der Waals surface area contributed by atoms with Gasteiger partial charge in [0.2, 0.25) is 5.91 Å². The number of ether oxygens (including phenoxy) is 1. The van der Waals surface area contributed by atoms with E-state index in [2.05, 4.69) is 5.32 Å². The van der Waals surface area contributed by atoms with Crippen LogP contribution in [0.15, 0.2) is 0 Å². The third-order valence-corrected chi connectivity index (χ3v) is 2.28. The smallest absolute Gasteiger partial charge is 0.237 e. The van der Waals surface area contributed by atoms with Crippen molar-refractivity contribution in [1.29, 1.82) is 0 Å². The number of nitrogens with two attached hydrogens (primary N) is 1. The predicted molar refractivity (Wildman–Crippen MR) is 50.3 cm³/mol. The van der Waals surface area contributed by atoms with Crippen molar-refractivity contribution in [1.82, 2.24) is 5.32 Å². The molecule has 0 radical (unpaired) electrons. The van der Waals surface area contributed by atoms with Gasteiger partial charge in [-0.2, -0.15) is 0 Å². The van der Waals surface area contributed by atoms with E-state index in [0.29, 0.717) is 13.0 Å². The first kappa shape index (κ1) is 10.5. The minimum atomic E-state index is -0.373. The maximum Gasteiger partial charge on any atom is 0.237 e. The number of carbonyl (C=O) groups excluding carboxylic acids is 1. The summed E-state index contributed by atoms with van der Waals surface area (Å²) in [6.45, 7) is 3.34. The number of nitrogens with one attached hydrogen (secondary N) is 1. The second-order valence-electron chi connectivity index (χ2n) is 3.44. The fourth-order valence-electron chi connectivity index (χ4n) is 1.35. The van der Waals surface area contributed by atoms with E-state index < -0.39 is 0 Å². The molecule has 1 fully saturated rings. The van der Waals surface area contributed by atoms with Crippen LogP contribution in [-0.2, 0) is 9.53 Å². The van der Waals surface area contributed by atoms with Crippen LogP contribution in [0.1, 0.15) is 26.2 Å². The molecule has 1 aliphatic rings. The zero-order chi connectivity index (χ0) is 9.68. The van der Waals surface area contributed by atoms with Crippen molar-refractivity contribution < 1.29 is 9.53 Å². The summed E-state index contributed by atoms with van der Waals surface area (Å²) in [4.78, 5) is 11.4. The van der Waals surface area contributed by atoms with Crippen molar-refractivity contribution in [2.75, 3.05) is 13.2 Å². The number of carbonyl (C=O) groups is 1. The average molecular weight is 186 g/mol. The predicted octanol–water partition coefficient (Wildman–Crippen LogP) is 0.0189. The van der Waals surface area contributed by atoms with Crippen LogP contribution in [0.5, 0.6) is 0 Å². The van der Waals surface area contributed by atoms with Gasteiger partial charge in [-0.3, -0.25) is 4.79 Å². The van der Waals surface area contributed by atoms with Crippen LogP contribution in [0, 0.1) is 0 Å². The molecular formula is C9H18N2O2. The molecule has 4 heteroatoms. The van der Waals surface area contributed by atoms with E-state index in [1.54, 1.807) is 0 Å². The average Bonchev–Trinajstić information content (AvgIpc) is 2.18. The summed E-state index contributed by atoms with van der Waals surface area (Å²) in [5.74, 6) is -0.0574. The standard InChI is InChI=1S/C9H18N2O2/c1-2-8(10)9(12)11-7-4-3-5-13-6-7/h7-8H,2-6,10H2,1H3,(H,11,12)/t7-,8-/m1/s1. The highest BCUT2D eigenvalue weighted by atomic mass is 16.5. The molecule has 13 heavy (non-hydrogen) atoms. The third-order valence-electron chi connectivity index (χ3n) is 2.28. The fourth-order valence-corrected chi connectivity index (χ4v) is 1.35. The van der Waals surface area contributed by atoms with E-state index in [1.165, 1.54) is 0 Å². The van der Waals surface area contributed by atoms with E-state index in [0.717, 1.165) is 19.4 Å². The zero-order valence-electron chi connectivity index (χ0n) is 8.08. The molecule has 1 amide bonds. The molecule has 1 rings (SSSR count). The fraction of sp³-hybridized carbons (Fsp3) is 0.889. The lowest BCUT2D eigenvalue weighted by Gasteiger charge is -2.24. The highest BCUT2D eigenvalue weighted by Crippen LogP contribution is 2.05. The van der Waals surface area contributed by atoms with Crippen LogP contribution in [-0.4, -0.2) is 31.2 Å². The molecule has 0 bridgehead atoms. The van der Waals surface area contributed by atoms with Crippen molar-refractivity contribution in [3.63, 3.8) is 0 Å². The first-order valence-corrected chi connectivity index (χ1v) is 4.87. The molecule has 1 aliphatic heterocycles. The van der Waals surface area contributed by atoms with Gasteiger partial charge >= 0.3 is 0 Å². The van der Waals surface area contributed by atoms with Crippen LogP contribution < -0.4 is 11.1 Å². The SMILES string of the molecule is CC[C@@H](N)C(=O)N[C@@H]1CCCOC1. The van der Waals surface area contributed by atoms with E-state index >= 15 is 0 Å². The second kappa shape index (κ2) is 5.19. The molecule has 4 nitrogen and oxygen atoms in total. The first-order chi connectivity index (χ1) is 6.24. The lowest BCUT2D eigenvalue weighted by Crippen LogP contribution is -2.47. The summed E-state index contributed by atoms with van der Waals surface area (Å²) in [6, 6.07) is -0.208. The molecule has 76 valence electrons. The van der Waals surface area contributed by atoms with Crippen LogP contribution >= 0.6 is 0 Å². The molecule has 0 unspecified atom stereocenters. The summed E-state index contributed by atoms with van der Waals surface area (Å²) >= 11 is 0. The number of hydrogen-bond acceptors (Lipinski definition) is 3. The van der Waals surface area contributed by atoms with Gasteiger partial charge in [-0.05, 0) is 19.3 Å². The molecule has 0 saturated carbocycles. The summed E-state index contributed by atoms with van der Waals surface area (Å²) in [7, 11) is 0. The third kappa shape index (κ3) is 3.32. The summed E-state index contributed by atoms with van der Waals surface area (Å²) in [6.07, 6.45) is 2.70.